The molecule has 1 aromatic heterocycles. The van der Waals surface area contributed by atoms with Gasteiger partial charge in [0, 0.05) is 29.2 Å². The Morgan fingerprint density at radius 1 is 1.00 bits per heavy atom. The molecule has 0 bridgehead atoms. The summed E-state index contributed by atoms with van der Waals surface area (Å²) >= 11 is 6.32. The first-order valence-corrected chi connectivity index (χ1v) is 10.7. The largest absolute Gasteiger partial charge is 0.465 e. The zero-order chi connectivity index (χ0) is 24.9. The van der Waals surface area contributed by atoms with Crippen LogP contribution in [-0.2, 0) is 4.79 Å². The summed E-state index contributed by atoms with van der Waals surface area (Å²) in [4.78, 5) is 40.7. The molecule has 2 amide bonds. The van der Waals surface area contributed by atoms with E-state index in [1.807, 2.05) is 0 Å². The Kier molecular flexibility index (Phi) is 6.88. The average Bonchev–Trinajstić information content (AvgIpc) is 3.36. The van der Waals surface area contributed by atoms with E-state index in [2.05, 4.69) is 15.6 Å². The molecule has 3 N–H and O–H groups in total. The number of halogens is 2. The van der Waals surface area contributed by atoms with E-state index in [1.54, 1.807) is 47.6 Å². The van der Waals surface area contributed by atoms with Gasteiger partial charge < -0.3 is 15.0 Å². The number of Topliss-reactive ketones (excluding diaryl/α,β-unsaturated/α-hetero) is 1. The highest BCUT2D eigenvalue weighted by Gasteiger charge is 2.17. The molecular weight excluding hydrogens is 475 g/mol. The molecule has 4 aromatic rings. The number of nitrogens with zero attached hydrogens (tertiary/aromatic N) is 2. The number of carboxylic acid groups (broad SMARTS) is 1. The van der Waals surface area contributed by atoms with Gasteiger partial charge in [0.05, 0.1) is 29.1 Å². The Balaban J connectivity index is 1.57. The molecule has 0 fully saturated rings. The monoisotopic (exact) mass is 492 g/mol. The summed E-state index contributed by atoms with van der Waals surface area (Å²) < 4.78 is 15.1. The number of amides is 2. The lowest BCUT2D eigenvalue weighted by atomic mass is 10.0. The van der Waals surface area contributed by atoms with Crippen LogP contribution in [0.5, 0.6) is 0 Å². The van der Waals surface area contributed by atoms with E-state index in [0.717, 1.165) is 0 Å². The first-order valence-electron chi connectivity index (χ1n) is 10.3. The number of hydrogen-bond donors (Lipinski definition) is 3. The number of aromatic nitrogens is 2. The van der Waals surface area contributed by atoms with E-state index in [1.165, 1.54) is 36.4 Å². The Hall–Kier alpha value is -4.50. The van der Waals surface area contributed by atoms with Crippen molar-refractivity contribution in [1.82, 2.24) is 9.55 Å². The number of imidazole rings is 1. The van der Waals surface area contributed by atoms with Crippen molar-refractivity contribution in [2.24, 2.45) is 0 Å². The molecule has 0 radical (unpaired) electrons. The van der Waals surface area contributed by atoms with Crippen molar-refractivity contribution < 1.29 is 23.9 Å². The first kappa shape index (κ1) is 23.7. The van der Waals surface area contributed by atoms with Crippen LogP contribution in [0.15, 0.2) is 79.4 Å². The third kappa shape index (κ3) is 5.71. The summed E-state index contributed by atoms with van der Waals surface area (Å²) in [6.07, 6.45) is 3.09. The van der Waals surface area contributed by atoms with Gasteiger partial charge in [-0.15, -0.1) is 0 Å². The van der Waals surface area contributed by atoms with Crippen LogP contribution in [0.1, 0.15) is 16.8 Å². The number of carbonyl (C=O) groups is 3. The molecule has 0 aliphatic rings. The molecule has 0 unspecified atom stereocenters. The molecule has 3 aromatic carbocycles. The fourth-order valence-corrected chi connectivity index (χ4v) is 3.71. The van der Waals surface area contributed by atoms with E-state index in [9.17, 15) is 18.8 Å². The van der Waals surface area contributed by atoms with Gasteiger partial charge in [-0.2, -0.15) is 0 Å². The molecule has 176 valence electrons. The predicted octanol–water partition coefficient (Wildman–Crippen LogP) is 5.63. The zero-order valence-corrected chi connectivity index (χ0v) is 18.8. The standard InChI is InChI=1S/C25H18ClFN4O4/c26-20-12-22(30-25(34)35)21(11-19(20)15-4-6-17(27)7-5-15)29-24(33)13-23(32)16-2-1-3-18(10-16)31-9-8-28-14-31/h1-12,14,30H,13H2,(H,29,33)(H,34,35). The summed E-state index contributed by atoms with van der Waals surface area (Å²) in [5.74, 6) is -1.51. The zero-order valence-electron chi connectivity index (χ0n) is 18.0. The molecule has 0 spiro atoms. The fourth-order valence-electron chi connectivity index (χ4n) is 3.44. The third-order valence-electron chi connectivity index (χ3n) is 5.07. The lowest BCUT2D eigenvalue weighted by Crippen LogP contribution is -2.18. The average molecular weight is 493 g/mol. The molecule has 0 aliphatic carbocycles. The van der Waals surface area contributed by atoms with Gasteiger partial charge in [0.2, 0.25) is 5.91 Å². The molecule has 35 heavy (non-hydrogen) atoms. The molecule has 8 nitrogen and oxygen atoms in total. The number of nitrogens with one attached hydrogen (secondary N) is 2. The van der Waals surface area contributed by atoms with Crippen LogP contribution >= 0.6 is 11.6 Å². The number of hydrogen-bond acceptors (Lipinski definition) is 4. The second kappa shape index (κ2) is 10.2. The molecule has 10 heteroatoms. The van der Waals surface area contributed by atoms with Gasteiger partial charge >= 0.3 is 6.09 Å². The molecule has 1 heterocycles. The lowest BCUT2D eigenvalue weighted by Gasteiger charge is -2.15. The number of rotatable bonds is 7. The second-order valence-electron chi connectivity index (χ2n) is 7.48. The smallest absolute Gasteiger partial charge is 0.409 e. The van der Waals surface area contributed by atoms with E-state index in [4.69, 9.17) is 16.7 Å². The Morgan fingerprint density at radius 3 is 2.43 bits per heavy atom. The number of benzene rings is 3. The van der Waals surface area contributed by atoms with Gasteiger partial charge in [0.15, 0.2) is 5.78 Å². The molecule has 0 atom stereocenters. The van der Waals surface area contributed by atoms with Gasteiger partial charge in [-0.25, -0.2) is 14.2 Å². The lowest BCUT2D eigenvalue weighted by molar-refractivity contribution is -0.115. The minimum absolute atomic E-state index is 0.0243. The Morgan fingerprint density at radius 2 is 1.74 bits per heavy atom. The van der Waals surface area contributed by atoms with Crippen LogP contribution in [0.3, 0.4) is 0 Å². The van der Waals surface area contributed by atoms with Gasteiger partial charge in [0.1, 0.15) is 5.82 Å². The van der Waals surface area contributed by atoms with Crippen molar-refractivity contribution in [3.05, 3.63) is 95.8 Å². The summed E-state index contributed by atoms with van der Waals surface area (Å²) in [6.45, 7) is 0. The maximum Gasteiger partial charge on any atom is 0.409 e. The fraction of sp³-hybridized carbons (Fsp3) is 0.0400. The molecule has 4 rings (SSSR count). The highest BCUT2D eigenvalue weighted by Crippen LogP contribution is 2.36. The molecular formula is C25H18ClFN4O4. The quantitative estimate of drug-likeness (QED) is 0.228. The van der Waals surface area contributed by atoms with Crippen LogP contribution in [0.2, 0.25) is 5.02 Å². The SMILES string of the molecule is O=C(O)Nc1cc(Cl)c(-c2ccc(F)cc2)cc1NC(=O)CC(=O)c1cccc(-n2ccnc2)c1. The summed E-state index contributed by atoms with van der Waals surface area (Å²) in [7, 11) is 0. The van der Waals surface area contributed by atoms with Crippen molar-refractivity contribution >= 4 is 40.8 Å². The Bertz CT molecular complexity index is 1410. The highest BCUT2D eigenvalue weighted by molar-refractivity contribution is 6.34. The van der Waals surface area contributed by atoms with Gasteiger partial charge in [0.25, 0.3) is 0 Å². The summed E-state index contributed by atoms with van der Waals surface area (Å²) in [5.41, 5.74) is 2.16. The van der Waals surface area contributed by atoms with Crippen LogP contribution < -0.4 is 10.6 Å². The molecule has 0 saturated heterocycles. The third-order valence-corrected chi connectivity index (χ3v) is 5.38. The minimum atomic E-state index is -1.36. The van der Waals surface area contributed by atoms with Crippen LogP contribution in [-0.4, -0.2) is 32.4 Å². The normalized spacial score (nSPS) is 10.6. The van der Waals surface area contributed by atoms with Crippen LogP contribution in [0.25, 0.3) is 16.8 Å². The maximum absolute atomic E-state index is 13.3. The topological polar surface area (TPSA) is 113 Å². The van der Waals surface area contributed by atoms with E-state index in [-0.39, 0.29) is 16.4 Å². The molecule has 0 saturated carbocycles. The van der Waals surface area contributed by atoms with Gasteiger partial charge in [-0.1, -0.05) is 35.9 Å². The van der Waals surface area contributed by atoms with Crippen molar-refractivity contribution in [3.8, 4) is 16.8 Å². The summed E-state index contributed by atoms with van der Waals surface area (Å²) in [6, 6.07) is 15.0. The van der Waals surface area contributed by atoms with Crippen LogP contribution in [0, 0.1) is 5.82 Å². The predicted molar refractivity (Wildman–Crippen MR) is 130 cm³/mol. The maximum atomic E-state index is 13.3. The van der Waals surface area contributed by atoms with Crippen LogP contribution in [0.4, 0.5) is 20.6 Å². The second-order valence-corrected chi connectivity index (χ2v) is 7.89. The Labute approximate surface area is 204 Å². The van der Waals surface area contributed by atoms with E-state index < -0.39 is 30.0 Å². The van der Waals surface area contributed by atoms with Gasteiger partial charge in [-0.3, -0.25) is 14.9 Å². The van der Waals surface area contributed by atoms with Crippen molar-refractivity contribution in [2.45, 2.75) is 6.42 Å². The first-order chi connectivity index (χ1) is 16.8. The van der Waals surface area contributed by atoms with Gasteiger partial charge in [-0.05, 0) is 42.0 Å². The number of anilines is 2. The van der Waals surface area contributed by atoms with E-state index in [0.29, 0.717) is 22.4 Å². The van der Waals surface area contributed by atoms with E-state index >= 15 is 0 Å². The van der Waals surface area contributed by atoms with Crippen molar-refractivity contribution in [2.75, 3.05) is 10.6 Å². The minimum Gasteiger partial charge on any atom is -0.465 e. The summed E-state index contributed by atoms with van der Waals surface area (Å²) in [5, 5.41) is 14.1. The van der Waals surface area contributed by atoms with Crippen molar-refractivity contribution in [1.29, 1.82) is 0 Å². The van der Waals surface area contributed by atoms with Crippen molar-refractivity contribution in [3.63, 3.8) is 0 Å². The highest BCUT2D eigenvalue weighted by atomic mass is 35.5. The molecule has 0 aliphatic heterocycles. The number of ketones is 1. The number of carbonyl (C=O) groups excluding carboxylic acids is 2.